The van der Waals surface area contributed by atoms with Crippen LogP contribution in [0.4, 0.5) is 0 Å². The zero-order valence-corrected chi connectivity index (χ0v) is 28.5. The molecule has 0 heterocycles. The summed E-state index contributed by atoms with van der Waals surface area (Å²) in [6.45, 7) is 19.6. The molecular formula is C28H48O15Si. The fraction of sp³-hybridized carbons (Fsp3) is 0.679. The van der Waals surface area contributed by atoms with Crippen LogP contribution in [-0.4, -0.2) is 87.6 Å². The van der Waals surface area contributed by atoms with Crippen molar-refractivity contribution in [2.75, 3.05) is 59.5 Å². The van der Waals surface area contributed by atoms with Gasteiger partial charge in [-0.15, -0.1) is 0 Å². The van der Waals surface area contributed by atoms with Crippen molar-refractivity contribution in [3.8, 4) is 0 Å². The summed E-state index contributed by atoms with van der Waals surface area (Å²) in [5.41, 5.74) is 0. The Bertz CT molecular complexity index is 721. The minimum absolute atomic E-state index is 0.128. The van der Waals surface area contributed by atoms with Crippen LogP contribution in [0.1, 0.15) is 62.3 Å². The molecule has 15 nitrogen and oxygen atoms in total. The fourth-order valence-electron chi connectivity index (χ4n) is 2.34. The molecule has 16 heteroatoms. The van der Waals surface area contributed by atoms with Crippen LogP contribution in [0.5, 0.6) is 0 Å². The third kappa shape index (κ3) is 23.6. The Balaban J connectivity index is -0.000000265. The fourth-order valence-corrected chi connectivity index (χ4v) is 2.34. The van der Waals surface area contributed by atoms with Crippen LogP contribution >= 0.6 is 0 Å². The maximum absolute atomic E-state index is 10.6. The summed E-state index contributed by atoms with van der Waals surface area (Å²) in [4.78, 5) is 31.9. The summed E-state index contributed by atoms with van der Waals surface area (Å²) < 4.78 is 44.3. The monoisotopic (exact) mass is 652 g/mol. The standard InChI is InChI=1S/3C9H16O5.CH3Si/c3*1-4-12-7(8(10)11)9(13-5-2)14-6-3;1-2/h3*4-6H2,1-3H3,(H,10,11);1H3/q;;;+3/p-3. The molecule has 0 amide bonds. The number of aliphatic carboxylic acids is 3. The summed E-state index contributed by atoms with van der Waals surface area (Å²) >= 11 is 0. The van der Waals surface area contributed by atoms with Crippen molar-refractivity contribution in [2.45, 2.75) is 68.9 Å². The van der Waals surface area contributed by atoms with Crippen molar-refractivity contribution in [3.63, 3.8) is 0 Å². The van der Waals surface area contributed by atoms with E-state index in [1.807, 2.05) is 0 Å². The average molecular weight is 653 g/mol. The summed E-state index contributed by atoms with van der Waals surface area (Å²) in [6, 6.07) is 0. The molecule has 0 aliphatic heterocycles. The van der Waals surface area contributed by atoms with Crippen LogP contribution < -0.4 is 15.3 Å². The number of carboxylic acid groups (broad SMARTS) is 3. The molecule has 0 aliphatic carbocycles. The quantitative estimate of drug-likeness (QED) is 0.0926. The van der Waals surface area contributed by atoms with Crippen LogP contribution in [0, 0.1) is 0 Å². The molecule has 0 unspecified atom stereocenters. The van der Waals surface area contributed by atoms with E-state index in [2.05, 4.69) is 10.2 Å². The molecule has 254 valence electrons. The zero-order chi connectivity index (χ0) is 34.9. The molecule has 0 radical (unpaired) electrons. The van der Waals surface area contributed by atoms with Gasteiger partial charge >= 0.3 is 34.6 Å². The van der Waals surface area contributed by atoms with Gasteiger partial charge in [-0.2, -0.15) is 0 Å². The topological polar surface area (TPSA) is 203 Å². The third-order valence-electron chi connectivity index (χ3n) is 3.63. The van der Waals surface area contributed by atoms with Gasteiger partial charge in [0.25, 0.3) is 0 Å². The Hall–Kier alpha value is -3.95. The predicted octanol–water partition coefficient (Wildman–Crippen LogP) is 0.248. The Kier molecular flexibility index (Phi) is 35.8. The molecule has 0 N–H and O–H groups in total. The van der Waals surface area contributed by atoms with E-state index in [4.69, 9.17) is 42.6 Å². The first-order chi connectivity index (χ1) is 21.0. The Morgan fingerprint density at radius 2 is 0.500 bits per heavy atom. The molecule has 0 fully saturated rings. The molecule has 0 atom stereocenters. The molecule has 0 aromatic heterocycles. The molecule has 0 saturated heterocycles. The van der Waals surface area contributed by atoms with Crippen LogP contribution in [0.15, 0.2) is 35.1 Å². The van der Waals surface area contributed by atoms with Gasteiger partial charge in [-0.25, -0.2) is 0 Å². The Labute approximate surface area is 264 Å². The Morgan fingerprint density at radius 3 is 0.591 bits per heavy atom. The normalized spacial score (nSPS) is 8.82. The first-order valence-corrected chi connectivity index (χ1v) is 15.0. The molecule has 0 aromatic carbocycles. The van der Waals surface area contributed by atoms with Gasteiger partial charge in [0.15, 0.2) is 0 Å². The van der Waals surface area contributed by atoms with Crippen LogP contribution in [-0.2, 0) is 57.0 Å². The number of carboxylic acids is 3. The number of carbonyl (C=O) groups is 3. The molecular weight excluding hydrogens is 604 g/mol. The average Bonchev–Trinajstić information content (AvgIpc) is 2.98. The number of hydrogen-bond acceptors (Lipinski definition) is 15. The van der Waals surface area contributed by atoms with Gasteiger partial charge < -0.3 is 72.3 Å². The summed E-state index contributed by atoms with van der Waals surface area (Å²) in [5.74, 6) is -5.88. The van der Waals surface area contributed by atoms with E-state index in [1.54, 1.807) is 68.9 Å². The summed E-state index contributed by atoms with van der Waals surface area (Å²) in [5, 5.41) is 31.9. The number of hydrogen-bond donors (Lipinski definition) is 0. The minimum atomic E-state index is -1.44. The SMILES string of the molecule is CCOC(OCC)=C(OCC)C(=O)[O-].CCOC(OCC)=C(OCC)C(=O)[O-].CCOC(OCC)=C(OCC)C(=O)[O-].C[Si+3]. The predicted molar refractivity (Wildman–Crippen MR) is 152 cm³/mol. The van der Waals surface area contributed by atoms with E-state index in [0.717, 1.165) is 0 Å². The van der Waals surface area contributed by atoms with Crippen LogP contribution in [0.2, 0.25) is 6.55 Å². The van der Waals surface area contributed by atoms with Gasteiger partial charge in [0.2, 0.25) is 17.3 Å². The van der Waals surface area contributed by atoms with Gasteiger partial charge in [-0.05, 0) is 62.3 Å². The van der Waals surface area contributed by atoms with Crippen LogP contribution in [0.3, 0.4) is 0 Å². The maximum atomic E-state index is 10.6. The molecule has 0 aliphatic rings. The first-order valence-electron chi connectivity index (χ1n) is 14.0. The van der Waals surface area contributed by atoms with Crippen LogP contribution in [0.25, 0.3) is 0 Å². The third-order valence-corrected chi connectivity index (χ3v) is 3.63. The number of ether oxygens (including phenoxy) is 9. The molecule has 44 heavy (non-hydrogen) atoms. The second-order valence-corrected chi connectivity index (χ2v) is 6.61. The second kappa shape index (κ2) is 33.5. The number of carbonyl (C=O) groups excluding carboxylic acids is 3. The molecule has 0 rings (SSSR count). The van der Waals surface area contributed by atoms with Gasteiger partial charge in [-0.1, -0.05) is 0 Å². The summed E-state index contributed by atoms with van der Waals surface area (Å²) in [6.07, 6.45) is 0. The van der Waals surface area contributed by atoms with Gasteiger partial charge in [0.1, 0.15) is 17.9 Å². The van der Waals surface area contributed by atoms with E-state index >= 15 is 0 Å². The summed E-state index contributed by atoms with van der Waals surface area (Å²) in [7, 11) is 2.97. The van der Waals surface area contributed by atoms with Gasteiger partial charge in [0, 0.05) is 0 Å². The van der Waals surface area contributed by atoms with Crippen molar-refractivity contribution in [1.29, 1.82) is 0 Å². The van der Waals surface area contributed by atoms with E-state index in [-0.39, 0.29) is 37.7 Å². The van der Waals surface area contributed by atoms with Crippen molar-refractivity contribution >= 4 is 28.2 Å². The second-order valence-electron chi connectivity index (χ2n) is 6.61. The van der Waals surface area contributed by atoms with Crippen molar-refractivity contribution < 1.29 is 72.3 Å². The van der Waals surface area contributed by atoms with Gasteiger partial charge in [-0.3, -0.25) is 0 Å². The van der Waals surface area contributed by atoms with E-state index in [9.17, 15) is 29.7 Å². The van der Waals surface area contributed by atoms with Gasteiger partial charge in [0.05, 0.1) is 59.5 Å². The number of rotatable bonds is 21. The van der Waals surface area contributed by atoms with E-state index in [1.165, 1.54) is 0 Å². The molecule has 0 bridgehead atoms. The molecule has 0 aromatic rings. The first kappa shape index (κ1) is 47.0. The zero-order valence-electron chi connectivity index (χ0n) is 27.5. The van der Waals surface area contributed by atoms with E-state index in [0.29, 0.717) is 39.6 Å². The molecule has 0 saturated carbocycles. The van der Waals surface area contributed by atoms with Crippen molar-refractivity contribution in [3.05, 3.63) is 35.1 Å². The van der Waals surface area contributed by atoms with E-state index < -0.39 is 35.2 Å². The Morgan fingerprint density at radius 1 is 0.364 bits per heavy atom. The molecule has 0 spiro atoms. The van der Waals surface area contributed by atoms with Crippen molar-refractivity contribution in [1.82, 2.24) is 0 Å². The van der Waals surface area contributed by atoms with Crippen molar-refractivity contribution in [2.24, 2.45) is 0 Å².